The SMILES string of the molecule is C=N/C(=C\C)NC.CC. The van der Waals surface area contributed by atoms with Crippen LogP contribution in [0.5, 0.6) is 0 Å². The molecule has 0 aromatic heterocycles. The summed E-state index contributed by atoms with van der Waals surface area (Å²) in [5.74, 6) is 0.819. The van der Waals surface area contributed by atoms with Crippen molar-refractivity contribution in [2.75, 3.05) is 7.05 Å². The Hall–Kier alpha value is -0.790. The summed E-state index contributed by atoms with van der Waals surface area (Å²) in [6.07, 6.45) is 1.85. The maximum atomic E-state index is 3.62. The van der Waals surface area contributed by atoms with Crippen LogP contribution in [0, 0.1) is 0 Å². The zero-order chi connectivity index (χ0) is 7.70. The molecule has 0 atom stereocenters. The van der Waals surface area contributed by atoms with Gasteiger partial charge in [-0.15, -0.1) is 0 Å². The number of aliphatic imine (C=N–C) groups is 1. The van der Waals surface area contributed by atoms with E-state index in [9.17, 15) is 0 Å². The Kier molecular flexibility index (Phi) is 12.6. The van der Waals surface area contributed by atoms with Crippen LogP contribution in [0.3, 0.4) is 0 Å². The molecule has 9 heavy (non-hydrogen) atoms. The average molecular weight is 128 g/mol. The Labute approximate surface area is 57.7 Å². The van der Waals surface area contributed by atoms with Crippen molar-refractivity contribution in [2.45, 2.75) is 20.8 Å². The summed E-state index contributed by atoms with van der Waals surface area (Å²) in [7, 11) is 1.81. The minimum Gasteiger partial charge on any atom is -0.373 e. The summed E-state index contributed by atoms with van der Waals surface area (Å²) in [4.78, 5) is 3.62. The predicted molar refractivity (Wildman–Crippen MR) is 43.7 cm³/mol. The smallest absolute Gasteiger partial charge is 0.120 e. The summed E-state index contributed by atoms with van der Waals surface area (Å²) in [6.45, 7) is 9.23. The van der Waals surface area contributed by atoms with Crippen molar-refractivity contribution < 1.29 is 0 Å². The molecule has 0 spiro atoms. The van der Waals surface area contributed by atoms with Gasteiger partial charge in [0.05, 0.1) is 0 Å². The number of nitrogens with one attached hydrogen (secondary N) is 1. The highest BCUT2D eigenvalue weighted by Gasteiger charge is 1.75. The summed E-state index contributed by atoms with van der Waals surface area (Å²) in [6, 6.07) is 0. The molecule has 0 aliphatic heterocycles. The highest BCUT2D eigenvalue weighted by Crippen LogP contribution is 1.83. The highest BCUT2D eigenvalue weighted by atomic mass is 15.0. The predicted octanol–water partition coefficient (Wildman–Crippen LogP) is 1.79. The van der Waals surface area contributed by atoms with Crippen molar-refractivity contribution in [2.24, 2.45) is 4.99 Å². The van der Waals surface area contributed by atoms with Crippen LogP contribution in [0.15, 0.2) is 16.9 Å². The molecule has 0 saturated heterocycles. The first-order valence-electron chi connectivity index (χ1n) is 3.16. The molecule has 0 saturated carbocycles. The average Bonchev–Trinajstić information content (AvgIpc) is 1.96. The Morgan fingerprint density at radius 1 is 1.56 bits per heavy atom. The Bertz CT molecular complexity index is 84.9. The van der Waals surface area contributed by atoms with Gasteiger partial charge in [-0.1, -0.05) is 13.8 Å². The van der Waals surface area contributed by atoms with E-state index in [0.717, 1.165) is 5.82 Å². The van der Waals surface area contributed by atoms with Gasteiger partial charge in [0.2, 0.25) is 0 Å². The fourth-order valence-electron chi connectivity index (χ4n) is 0.315. The molecule has 0 radical (unpaired) electrons. The number of hydrogen-bond acceptors (Lipinski definition) is 2. The van der Waals surface area contributed by atoms with Crippen molar-refractivity contribution in [3.63, 3.8) is 0 Å². The third-order valence-corrected chi connectivity index (χ3v) is 0.700. The summed E-state index contributed by atoms with van der Waals surface area (Å²) < 4.78 is 0. The van der Waals surface area contributed by atoms with Crippen molar-refractivity contribution in [3.05, 3.63) is 11.9 Å². The maximum Gasteiger partial charge on any atom is 0.120 e. The molecule has 0 amide bonds. The summed E-state index contributed by atoms with van der Waals surface area (Å²) in [5.41, 5.74) is 0. The quantitative estimate of drug-likeness (QED) is 0.563. The van der Waals surface area contributed by atoms with E-state index < -0.39 is 0 Å². The molecule has 0 fully saturated rings. The van der Waals surface area contributed by atoms with Gasteiger partial charge < -0.3 is 5.32 Å². The van der Waals surface area contributed by atoms with E-state index in [-0.39, 0.29) is 0 Å². The molecular formula is C7H16N2. The van der Waals surface area contributed by atoms with Gasteiger partial charge in [-0.2, -0.15) is 0 Å². The number of hydrogen-bond donors (Lipinski definition) is 1. The van der Waals surface area contributed by atoms with E-state index in [0.29, 0.717) is 0 Å². The molecule has 0 aromatic rings. The third-order valence-electron chi connectivity index (χ3n) is 0.700. The molecule has 0 heterocycles. The lowest BCUT2D eigenvalue weighted by molar-refractivity contribution is 0.965. The second-order valence-electron chi connectivity index (χ2n) is 1.08. The van der Waals surface area contributed by atoms with Gasteiger partial charge in [0.1, 0.15) is 5.82 Å². The van der Waals surface area contributed by atoms with E-state index >= 15 is 0 Å². The first-order chi connectivity index (χ1) is 4.35. The van der Waals surface area contributed by atoms with Crippen LogP contribution in [0.1, 0.15) is 20.8 Å². The van der Waals surface area contributed by atoms with Crippen LogP contribution in [0.25, 0.3) is 0 Å². The minimum atomic E-state index is 0.819. The zero-order valence-corrected chi connectivity index (χ0v) is 6.73. The molecule has 2 heteroatoms. The van der Waals surface area contributed by atoms with Crippen LogP contribution < -0.4 is 5.32 Å². The van der Waals surface area contributed by atoms with Crippen LogP contribution in [-0.4, -0.2) is 13.8 Å². The van der Waals surface area contributed by atoms with E-state index in [1.165, 1.54) is 0 Å². The largest absolute Gasteiger partial charge is 0.373 e. The summed E-state index contributed by atoms with van der Waals surface area (Å²) >= 11 is 0. The van der Waals surface area contributed by atoms with Crippen molar-refractivity contribution >= 4 is 6.72 Å². The second kappa shape index (κ2) is 10.2. The standard InChI is InChI=1S/C5H10N2.C2H6/c1-4-5(6-2)7-3;1-2/h4,7H,2H2,1,3H3;1-2H3/b5-4+;. The van der Waals surface area contributed by atoms with Gasteiger partial charge in [0, 0.05) is 7.05 Å². The molecule has 0 unspecified atom stereocenters. The molecule has 54 valence electrons. The van der Waals surface area contributed by atoms with Crippen LogP contribution in [0.4, 0.5) is 0 Å². The molecular weight excluding hydrogens is 112 g/mol. The fourth-order valence-corrected chi connectivity index (χ4v) is 0.315. The number of rotatable bonds is 2. The maximum absolute atomic E-state index is 3.62. The first-order valence-corrected chi connectivity index (χ1v) is 3.16. The molecule has 0 bridgehead atoms. The third kappa shape index (κ3) is 7.21. The Balaban J connectivity index is 0. The van der Waals surface area contributed by atoms with Crippen molar-refractivity contribution in [1.82, 2.24) is 5.32 Å². The second-order valence-corrected chi connectivity index (χ2v) is 1.08. The van der Waals surface area contributed by atoms with Crippen LogP contribution in [-0.2, 0) is 0 Å². The van der Waals surface area contributed by atoms with E-state index in [1.807, 2.05) is 33.9 Å². The van der Waals surface area contributed by atoms with Crippen LogP contribution in [0.2, 0.25) is 0 Å². The van der Waals surface area contributed by atoms with Gasteiger partial charge in [0.25, 0.3) is 0 Å². The molecule has 0 aliphatic carbocycles. The fraction of sp³-hybridized carbons (Fsp3) is 0.571. The number of allylic oxidation sites excluding steroid dienone is 1. The normalized spacial score (nSPS) is 9.11. The Morgan fingerprint density at radius 3 is 2.00 bits per heavy atom. The summed E-state index contributed by atoms with van der Waals surface area (Å²) in [5, 5.41) is 2.83. The van der Waals surface area contributed by atoms with Gasteiger partial charge in [-0.3, -0.25) is 0 Å². The van der Waals surface area contributed by atoms with E-state index in [4.69, 9.17) is 0 Å². The van der Waals surface area contributed by atoms with Gasteiger partial charge in [-0.25, -0.2) is 4.99 Å². The van der Waals surface area contributed by atoms with Crippen molar-refractivity contribution in [1.29, 1.82) is 0 Å². The molecule has 2 nitrogen and oxygen atoms in total. The molecule has 1 N–H and O–H groups in total. The highest BCUT2D eigenvalue weighted by molar-refractivity contribution is 5.27. The van der Waals surface area contributed by atoms with E-state index in [2.05, 4.69) is 17.0 Å². The lowest BCUT2D eigenvalue weighted by Gasteiger charge is -1.92. The lowest BCUT2D eigenvalue weighted by atomic mass is 10.6. The monoisotopic (exact) mass is 128 g/mol. The van der Waals surface area contributed by atoms with Crippen LogP contribution >= 0.6 is 0 Å². The minimum absolute atomic E-state index is 0.819. The first kappa shape index (κ1) is 11.1. The van der Waals surface area contributed by atoms with E-state index in [1.54, 1.807) is 0 Å². The lowest BCUT2D eigenvalue weighted by Crippen LogP contribution is -2.01. The van der Waals surface area contributed by atoms with Crippen molar-refractivity contribution in [3.8, 4) is 0 Å². The van der Waals surface area contributed by atoms with Gasteiger partial charge in [0.15, 0.2) is 0 Å². The number of nitrogens with zero attached hydrogens (tertiary/aromatic N) is 1. The molecule has 0 rings (SSSR count). The van der Waals surface area contributed by atoms with Gasteiger partial charge >= 0.3 is 0 Å². The molecule has 0 aliphatic rings. The topological polar surface area (TPSA) is 24.4 Å². The zero-order valence-electron chi connectivity index (χ0n) is 6.73. The Morgan fingerprint density at radius 2 is 2.00 bits per heavy atom. The molecule has 0 aromatic carbocycles. The van der Waals surface area contributed by atoms with Gasteiger partial charge in [-0.05, 0) is 19.7 Å².